The number of rotatable bonds is 5. The number of pyridine rings is 1. The highest BCUT2D eigenvalue weighted by molar-refractivity contribution is 6.03. The van der Waals surface area contributed by atoms with Crippen molar-refractivity contribution < 1.29 is 14.3 Å². The van der Waals surface area contributed by atoms with Gasteiger partial charge in [-0.05, 0) is 18.6 Å². The molecule has 1 aromatic heterocycles. The van der Waals surface area contributed by atoms with E-state index in [2.05, 4.69) is 27.9 Å². The van der Waals surface area contributed by atoms with E-state index >= 15 is 0 Å². The van der Waals surface area contributed by atoms with E-state index in [0.717, 1.165) is 13.0 Å². The van der Waals surface area contributed by atoms with Crippen molar-refractivity contribution in [3.8, 4) is 17.2 Å². The van der Waals surface area contributed by atoms with Gasteiger partial charge in [0, 0.05) is 19.8 Å². The molecule has 2 heterocycles. The molecule has 0 fully saturated rings. The SMILES string of the molecule is CCCNc1ncc(C(=O)NC)c2c1Oc1cccc(OC)c1N2. The normalized spacial score (nSPS) is 11.5. The average Bonchev–Trinajstić information content (AvgIpc) is 2.63. The first-order chi connectivity index (χ1) is 11.7. The van der Waals surface area contributed by atoms with Gasteiger partial charge in [0.05, 0.1) is 12.7 Å². The number of ether oxygens (including phenoxy) is 2. The summed E-state index contributed by atoms with van der Waals surface area (Å²) < 4.78 is 11.4. The van der Waals surface area contributed by atoms with Gasteiger partial charge < -0.3 is 25.4 Å². The van der Waals surface area contributed by atoms with Crippen LogP contribution in [-0.4, -0.2) is 31.6 Å². The summed E-state index contributed by atoms with van der Waals surface area (Å²) in [6.45, 7) is 2.82. The Labute approximate surface area is 140 Å². The molecule has 3 rings (SSSR count). The van der Waals surface area contributed by atoms with Crippen molar-refractivity contribution in [2.45, 2.75) is 13.3 Å². The molecule has 3 N–H and O–H groups in total. The summed E-state index contributed by atoms with van der Waals surface area (Å²) in [7, 11) is 3.17. The number of benzene rings is 1. The summed E-state index contributed by atoms with van der Waals surface area (Å²) in [6.07, 6.45) is 2.48. The number of amides is 1. The van der Waals surface area contributed by atoms with Crippen molar-refractivity contribution in [1.82, 2.24) is 10.3 Å². The fourth-order valence-corrected chi connectivity index (χ4v) is 2.52. The maximum absolute atomic E-state index is 12.2. The zero-order valence-corrected chi connectivity index (χ0v) is 13.9. The second kappa shape index (κ2) is 6.66. The Morgan fingerprint density at radius 3 is 2.92 bits per heavy atom. The maximum Gasteiger partial charge on any atom is 0.254 e. The van der Waals surface area contributed by atoms with Crippen LogP contribution in [0.25, 0.3) is 0 Å². The third-order valence-corrected chi connectivity index (χ3v) is 3.72. The number of aromatic nitrogens is 1. The second-order valence-corrected chi connectivity index (χ2v) is 5.29. The first kappa shape index (κ1) is 15.9. The number of anilines is 3. The van der Waals surface area contributed by atoms with Gasteiger partial charge in [0.15, 0.2) is 17.3 Å². The standard InChI is InChI=1S/C17H20N4O3/c1-4-8-19-16-15-13(10(9-20-16)17(22)18-2)21-14-11(23-3)6-5-7-12(14)24-15/h5-7,9,21H,4,8H2,1-3H3,(H,18,22)(H,19,20). The Balaban J connectivity index is 2.12. The number of fused-ring (bicyclic) bond motifs is 2. The van der Waals surface area contributed by atoms with E-state index in [1.807, 2.05) is 18.2 Å². The van der Waals surface area contributed by atoms with Crippen LogP contribution >= 0.6 is 0 Å². The lowest BCUT2D eigenvalue weighted by molar-refractivity contribution is 0.0963. The van der Waals surface area contributed by atoms with Crippen molar-refractivity contribution >= 4 is 23.1 Å². The molecule has 1 aliphatic heterocycles. The third kappa shape index (κ3) is 2.68. The van der Waals surface area contributed by atoms with Crippen LogP contribution in [0, 0.1) is 0 Å². The van der Waals surface area contributed by atoms with Gasteiger partial charge in [-0.3, -0.25) is 4.79 Å². The molecule has 0 spiro atoms. The molecule has 7 heteroatoms. The highest BCUT2D eigenvalue weighted by Gasteiger charge is 2.27. The van der Waals surface area contributed by atoms with Crippen LogP contribution in [0.1, 0.15) is 23.7 Å². The van der Waals surface area contributed by atoms with E-state index < -0.39 is 0 Å². The van der Waals surface area contributed by atoms with Gasteiger partial charge in [-0.2, -0.15) is 0 Å². The minimum Gasteiger partial charge on any atom is -0.494 e. The van der Waals surface area contributed by atoms with Crippen molar-refractivity contribution in [3.63, 3.8) is 0 Å². The van der Waals surface area contributed by atoms with Gasteiger partial charge in [-0.15, -0.1) is 0 Å². The van der Waals surface area contributed by atoms with E-state index in [0.29, 0.717) is 40.0 Å². The molecule has 0 atom stereocenters. The van der Waals surface area contributed by atoms with Crippen LogP contribution in [0.4, 0.5) is 17.2 Å². The molecule has 2 aromatic rings. The summed E-state index contributed by atoms with van der Waals surface area (Å²) in [5.41, 5.74) is 1.66. The van der Waals surface area contributed by atoms with Crippen LogP contribution in [-0.2, 0) is 0 Å². The largest absolute Gasteiger partial charge is 0.494 e. The van der Waals surface area contributed by atoms with Gasteiger partial charge in [-0.1, -0.05) is 13.0 Å². The predicted octanol–water partition coefficient (Wildman–Crippen LogP) is 3.12. The van der Waals surface area contributed by atoms with Gasteiger partial charge in [0.1, 0.15) is 17.1 Å². The molecular formula is C17H20N4O3. The molecule has 1 aliphatic rings. The van der Waals surface area contributed by atoms with E-state index in [9.17, 15) is 4.79 Å². The first-order valence-electron chi connectivity index (χ1n) is 7.80. The molecule has 0 aliphatic carbocycles. The maximum atomic E-state index is 12.2. The predicted molar refractivity (Wildman–Crippen MR) is 92.8 cm³/mol. The van der Waals surface area contributed by atoms with Crippen molar-refractivity contribution in [3.05, 3.63) is 30.0 Å². The molecule has 0 unspecified atom stereocenters. The average molecular weight is 328 g/mol. The van der Waals surface area contributed by atoms with Crippen LogP contribution < -0.4 is 25.4 Å². The van der Waals surface area contributed by atoms with E-state index in [4.69, 9.17) is 9.47 Å². The lowest BCUT2D eigenvalue weighted by Crippen LogP contribution is -2.21. The first-order valence-corrected chi connectivity index (χ1v) is 7.80. The highest BCUT2D eigenvalue weighted by atomic mass is 16.5. The Morgan fingerprint density at radius 1 is 1.38 bits per heavy atom. The molecule has 0 saturated heterocycles. The number of hydrogen-bond acceptors (Lipinski definition) is 6. The van der Waals surface area contributed by atoms with Crippen LogP contribution in [0.15, 0.2) is 24.4 Å². The highest BCUT2D eigenvalue weighted by Crippen LogP contribution is 2.49. The number of hydrogen-bond donors (Lipinski definition) is 3. The number of para-hydroxylation sites is 1. The molecule has 0 radical (unpaired) electrons. The van der Waals surface area contributed by atoms with Crippen LogP contribution in [0.5, 0.6) is 17.2 Å². The zero-order valence-electron chi connectivity index (χ0n) is 13.9. The van der Waals surface area contributed by atoms with Gasteiger partial charge in [-0.25, -0.2) is 4.98 Å². The number of carbonyl (C=O) groups is 1. The zero-order chi connectivity index (χ0) is 17.1. The summed E-state index contributed by atoms with van der Waals surface area (Å²) in [5.74, 6) is 2.12. The second-order valence-electron chi connectivity index (χ2n) is 5.29. The van der Waals surface area contributed by atoms with Crippen LogP contribution in [0.3, 0.4) is 0 Å². The van der Waals surface area contributed by atoms with Gasteiger partial charge >= 0.3 is 0 Å². The van der Waals surface area contributed by atoms with Crippen molar-refractivity contribution in [2.75, 3.05) is 31.3 Å². The van der Waals surface area contributed by atoms with Crippen molar-refractivity contribution in [2.24, 2.45) is 0 Å². The number of nitrogens with zero attached hydrogens (tertiary/aromatic N) is 1. The lowest BCUT2D eigenvalue weighted by atomic mass is 10.1. The van der Waals surface area contributed by atoms with Crippen LogP contribution in [0.2, 0.25) is 0 Å². The van der Waals surface area contributed by atoms with E-state index in [-0.39, 0.29) is 5.91 Å². The van der Waals surface area contributed by atoms with Gasteiger partial charge in [0.2, 0.25) is 0 Å². The quantitative estimate of drug-likeness (QED) is 0.667. The summed E-state index contributed by atoms with van der Waals surface area (Å²) in [4.78, 5) is 16.5. The molecule has 0 bridgehead atoms. The number of methoxy groups -OCH3 is 1. The Morgan fingerprint density at radius 2 is 2.21 bits per heavy atom. The van der Waals surface area contributed by atoms with E-state index in [1.54, 1.807) is 14.2 Å². The third-order valence-electron chi connectivity index (χ3n) is 3.72. The fourth-order valence-electron chi connectivity index (χ4n) is 2.52. The Bertz CT molecular complexity index is 777. The molecule has 7 nitrogen and oxygen atoms in total. The summed E-state index contributed by atoms with van der Waals surface area (Å²) in [5, 5.41) is 9.12. The molecule has 126 valence electrons. The van der Waals surface area contributed by atoms with Crippen molar-refractivity contribution in [1.29, 1.82) is 0 Å². The summed E-state index contributed by atoms with van der Waals surface area (Å²) in [6, 6.07) is 5.51. The smallest absolute Gasteiger partial charge is 0.254 e. The molecular weight excluding hydrogens is 308 g/mol. The minimum atomic E-state index is -0.241. The Kier molecular flexibility index (Phi) is 4.41. The van der Waals surface area contributed by atoms with Gasteiger partial charge in [0.25, 0.3) is 5.91 Å². The lowest BCUT2D eigenvalue weighted by Gasteiger charge is -2.26. The minimum absolute atomic E-state index is 0.241. The molecule has 1 aromatic carbocycles. The fraction of sp³-hybridized carbons (Fsp3) is 0.294. The Hall–Kier alpha value is -2.96. The number of nitrogens with one attached hydrogen (secondary N) is 3. The topological polar surface area (TPSA) is 84.5 Å². The summed E-state index contributed by atoms with van der Waals surface area (Å²) >= 11 is 0. The van der Waals surface area contributed by atoms with E-state index in [1.165, 1.54) is 6.20 Å². The molecule has 24 heavy (non-hydrogen) atoms. The molecule has 0 saturated carbocycles. The number of carbonyl (C=O) groups excluding carboxylic acids is 1. The molecule has 1 amide bonds. The monoisotopic (exact) mass is 328 g/mol.